The predicted molar refractivity (Wildman–Crippen MR) is 139 cm³/mol. The van der Waals surface area contributed by atoms with Crippen LogP contribution < -0.4 is 16.2 Å². The Bertz CT molecular complexity index is 1600. The molecule has 0 amide bonds. The third kappa shape index (κ3) is 3.91. The Kier molecular flexibility index (Phi) is 5.26. The zero-order chi connectivity index (χ0) is 26.1. The highest BCUT2D eigenvalue weighted by molar-refractivity contribution is 5.77. The Labute approximate surface area is 213 Å². The number of rotatable bonds is 5. The Morgan fingerprint density at radius 1 is 1.16 bits per heavy atom. The fraction of sp³-hybridized carbons (Fsp3) is 0.407. The third-order valence-electron chi connectivity index (χ3n) is 7.34. The van der Waals surface area contributed by atoms with Crippen molar-refractivity contribution in [2.45, 2.75) is 64.1 Å². The molecule has 1 aliphatic heterocycles. The van der Waals surface area contributed by atoms with Crippen LogP contribution in [0.1, 0.15) is 63.4 Å². The van der Waals surface area contributed by atoms with Crippen LogP contribution in [0.5, 0.6) is 0 Å². The summed E-state index contributed by atoms with van der Waals surface area (Å²) < 4.78 is 18.0. The van der Waals surface area contributed by atoms with Gasteiger partial charge in [0.25, 0.3) is 5.56 Å². The highest BCUT2D eigenvalue weighted by atomic mass is 19.1. The van der Waals surface area contributed by atoms with Crippen LogP contribution in [-0.2, 0) is 17.6 Å². The topological polar surface area (TPSA) is 110 Å². The molecule has 0 saturated heterocycles. The van der Waals surface area contributed by atoms with Crippen LogP contribution in [0.2, 0.25) is 0 Å². The van der Waals surface area contributed by atoms with Gasteiger partial charge in [-0.1, -0.05) is 6.07 Å². The lowest BCUT2D eigenvalue weighted by Gasteiger charge is -2.34. The molecule has 192 valence electrons. The molecule has 0 unspecified atom stereocenters. The molecular formula is C27H30FN7O2. The molecule has 4 aromatic rings. The van der Waals surface area contributed by atoms with Crippen molar-refractivity contribution in [2.24, 2.45) is 0 Å². The molecule has 0 bridgehead atoms. The number of hydrogen-bond acceptors (Lipinski definition) is 7. The molecule has 1 saturated carbocycles. The van der Waals surface area contributed by atoms with Gasteiger partial charge in [-0.3, -0.25) is 4.79 Å². The van der Waals surface area contributed by atoms with Crippen molar-refractivity contribution in [3.8, 4) is 5.82 Å². The highest BCUT2D eigenvalue weighted by Gasteiger charge is 2.44. The normalized spacial score (nSPS) is 17.7. The molecule has 4 heterocycles. The van der Waals surface area contributed by atoms with E-state index in [0.717, 1.165) is 18.7 Å². The number of aromatic nitrogens is 5. The fourth-order valence-electron chi connectivity index (χ4n) is 5.17. The lowest BCUT2D eigenvalue weighted by molar-refractivity contribution is 0.146. The molecule has 9 nitrogen and oxygen atoms in total. The Morgan fingerprint density at radius 2 is 1.95 bits per heavy atom. The Hall–Kier alpha value is -3.63. The van der Waals surface area contributed by atoms with Gasteiger partial charge >= 0.3 is 0 Å². The van der Waals surface area contributed by atoms with E-state index in [1.54, 1.807) is 0 Å². The lowest BCUT2D eigenvalue weighted by atomic mass is 9.85. The first kappa shape index (κ1) is 23.7. The highest BCUT2D eigenvalue weighted by Crippen LogP contribution is 2.44. The van der Waals surface area contributed by atoms with Gasteiger partial charge in [-0.15, -0.1) is 0 Å². The van der Waals surface area contributed by atoms with E-state index in [1.165, 1.54) is 38.8 Å². The van der Waals surface area contributed by atoms with Gasteiger partial charge in [-0.25, -0.2) is 23.7 Å². The summed E-state index contributed by atoms with van der Waals surface area (Å²) in [5, 5.41) is 17.6. The molecule has 3 N–H and O–H groups in total. The maximum absolute atomic E-state index is 15.2. The number of fused-ring (bicyclic) bond motifs is 2. The molecule has 0 spiro atoms. The number of anilines is 2. The zero-order valence-electron chi connectivity index (χ0n) is 21.3. The van der Waals surface area contributed by atoms with E-state index < -0.39 is 11.4 Å². The minimum Gasteiger partial charge on any atom is -0.384 e. The largest absolute Gasteiger partial charge is 0.384 e. The molecule has 37 heavy (non-hydrogen) atoms. The van der Waals surface area contributed by atoms with Gasteiger partial charge in [-0.05, 0) is 88.9 Å². The van der Waals surface area contributed by atoms with Crippen LogP contribution in [0.25, 0.3) is 16.9 Å². The number of pyridine rings is 1. The van der Waals surface area contributed by atoms with Crippen LogP contribution in [0.15, 0.2) is 41.3 Å². The van der Waals surface area contributed by atoms with Gasteiger partial charge < -0.3 is 15.7 Å². The van der Waals surface area contributed by atoms with Crippen LogP contribution in [-0.4, -0.2) is 36.0 Å². The van der Waals surface area contributed by atoms with Gasteiger partial charge in [0.1, 0.15) is 11.0 Å². The smallest absolute Gasteiger partial charge is 0.278 e. The standard InChI is InChI=1S/C27H30FN7O2/c1-15(2)34-24(36)18-14-29-25(31-17-5-6-19-16(13-17)9-12-30-26(19,3)4)33-22(18)35(34)23-20(28)7-8-21(32-23)27(37)10-11-27/h5-8,13-15,30,37H,9-12H2,1-4H3,(H,29,31,33). The summed E-state index contributed by atoms with van der Waals surface area (Å²) in [6.07, 6.45) is 3.51. The molecule has 3 aromatic heterocycles. The number of aliphatic hydroxyl groups is 1. The molecule has 10 heteroatoms. The summed E-state index contributed by atoms with van der Waals surface area (Å²) in [7, 11) is 0. The number of nitrogens with one attached hydrogen (secondary N) is 2. The predicted octanol–water partition coefficient (Wildman–Crippen LogP) is 3.80. The van der Waals surface area contributed by atoms with Gasteiger partial charge in [0.15, 0.2) is 17.3 Å². The Balaban J connectivity index is 1.47. The SMILES string of the molecule is CC(C)n1c(=O)c2cnc(Nc3ccc4c(c3)CCNC4(C)C)nc2n1-c1nc(C2(O)CC2)ccc1F. The van der Waals surface area contributed by atoms with Gasteiger partial charge in [0, 0.05) is 23.5 Å². The summed E-state index contributed by atoms with van der Waals surface area (Å²) in [5.74, 6) is -0.405. The van der Waals surface area contributed by atoms with E-state index in [4.69, 9.17) is 0 Å². The average molecular weight is 504 g/mol. The van der Waals surface area contributed by atoms with Crippen LogP contribution in [0, 0.1) is 5.82 Å². The second kappa shape index (κ2) is 8.19. The van der Waals surface area contributed by atoms with Crippen LogP contribution in [0.3, 0.4) is 0 Å². The van der Waals surface area contributed by atoms with E-state index in [-0.39, 0.29) is 39.9 Å². The molecule has 1 aromatic carbocycles. The summed E-state index contributed by atoms with van der Waals surface area (Å²) >= 11 is 0. The summed E-state index contributed by atoms with van der Waals surface area (Å²) in [4.78, 5) is 26.8. The second-order valence-electron chi connectivity index (χ2n) is 10.8. The molecular weight excluding hydrogens is 473 g/mol. The van der Waals surface area contributed by atoms with E-state index in [2.05, 4.69) is 51.6 Å². The molecule has 1 aliphatic carbocycles. The Morgan fingerprint density at radius 3 is 2.68 bits per heavy atom. The number of hydrogen-bond donors (Lipinski definition) is 3. The van der Waals surface area contributed by atoms with E-state index >= 15 is 4.39 Å². The maximum Gasteiger partial charge on any atom is 0.278 e. The van der Waals surface area contributed by atoms with Crippen molar-refractivity contribution in [2.75, 3.05) is 11.9 Å². The van der Waals surface area contributed by atoms with Crippen LogP contribution in [0.4, 0.5) is 16.0 Å². The molecule has 1 fully saturated rings. The fourth-order valence-corrected chi connectivity index (χ4v) is 5.17. The van der Waals surface area contributed by atoms with Gasteiger partial charge in [0.05, 0.1) is 5.69 Å². The zero-order valence-corrected chi connectivity index (χ0v) is 21.3. The maximum atomic E-state index is 15.2. The number of halogens is 1. The quantitative estimate of drug-likeness (QED) is 0.380. The number of nitrogens with zero attached hydrogens (tertiary/aromatic N) is 5. The minimum atomic E-state index is -1.05. The van der Waals surface area contributed by atoms with Crippen molar-refractivity contribution in [3.05, 3.63) is 69.5 Å². The summed E-state index contributed by atoms with van der Waals surface area (Å²) in [6, 6.07) is 8.64. The minimum absolute atomic E-state index is 0.0770. The van der Waals surface area contributed by atoms with Gasteiger partial charge in [0.2, 0.25) is 5.95 Å². The van der Waals surface area contributed by atoms with Crippen molar-refractivity contribution in [1.29, 1.82) is 0 Å². The molecule has 0 atom stereocenters. The first-order valence-electron chi connectivity index (χ1n) is 12.6. The molecule has 0 radical (unpaired) electrons. The first-order valence-corrected chi connectivity index (χ1v) is 12.6. The van der Waals surface area contributed by atoms with Crippen molar-refractivity contribution < 1.29 is 9.50 Å². The lowest BCUT2D eigenvalue weighted by Crippen LogP contribution is -2.42. The molecule has 2 aliphatic rings. The van der Waals surface area contributed by atoms with E-state index in [1.807, 2.05) is 19.9 Å². The summed E-state index contributed by atoms with van der Waals surface area (Å²) in [6.45, 7) is 8.90. The summed E-state index contributed by atoms with van der Waals surface area (Å²) in [5.41, 5.74) is 2.47. The van der Waals surface area contributed by atoms with Crippen molar-refractivity contribution in [1.82, 2.24) is 29.6 Å². The first-order chi connectivity index (χ1) is 17.6. The second-order valence-corrected chi connectivity index (χ2v) is 10.8. The van der Waals surface area contributed by atoms with E-state index in [9.17, 15) is 9.90 Å². The van der Waals surface area contributed by atoms with Gasteiger partial charge in [-0.2, -0.15) is 4.98 Å². The van der Waals surface area contributed by atoms with E-state index in [0.29, 0.717) is 18.5 Å². The van der Waals surface area contributed by atoms with Crippen molar-refractivity contribution >= 4 is 22.7 Å². The third-order valence-corrected chi connectivity index (χ3v) is 7.34. The molecule has 6 rings (SSSR count). The average Bonchev–Trinajstić information content (AvgIpc) is 3.53. The van der Waals surface area contributed by atoms with Crippen molar-refractivity contribution in [3.63, 3.8) is 0 Å². The van der Waals surface area contributed by atoms with Crippen LogP contribution >= 0.6 is 0 Å². The number of benzene rings is 1. The monoisotopic (exact) mass is 503 g/mol.